The summed E-state index contributed by atoms with van der Waals surface area (Å²) in [5.41, 5.74) is 3.39. The molecule has 0 fully saturated rings. The van der Waals surface area contributed by atoms with Crippen LogP contribution < -0.4 is 5.32 Å². The van der Waals surface area contributed by atoms with E-state index in [1.54, 1.807) is 11.7 Å². The molecule has 3 rings (SSSR count). The van der Waals surface area contributed by atoms with Crippen molar-refractivity contribution in [2.24, 2.45) is 0 Å². The maximum absolute atomic E-state index is 11.9. The van der Waals surface area contributed by atoms with Crippen molar-refractivity contribution in [1.29, 1.82) is 0 Å². The molecule has 0 unspecified atom stereocenters. The van der Waals surface area contributed by atoms with Crippen LogP contribution in [0, 0.1) is 6.92 Å². The summed E-state index contributed by atoms with van der Waals surface area (Å²) in [6.45, 7) is 2.36. The molecule has 0 saturated heterocycles. The average Bonchev–Trinajstić information content (AvgIpc) is 3.03. The number of aryl methyl sites for hydroxylation is 1. The van der Waals surface area contributed by atoms with Crippen LogP contribution in [0.1, 0.15) is 21.1 Å². The zero-order valence-corrected chi connectivity index (χ0v) is 11.1. The summed E-state index contributed by atoms with van der Waals surface area (Å²) in [6.07, 6.45) is 1.66. The molecule has 1 aromatic carbocycles. The number of hydrogen-bond donors (Lipinski definition) is 2. The first-order valence-electron chi connectivity index (χ1n) is 5.85. The van der Waals surface area contributed by atoms with Gasteiger partial charge < -0.3 is 10.3 Å². The Labute approximate surface area is 113 Å². The zero-order valence-electron chi connectivity index (χ0n) is 10.3. The Kier molecular flexibility index (Phi) is 3.00. The maximum Gasteiger partial charge on any atom is 0.271 e. The van der Waals surface area contributed by atoms with Crippen LogP contribution in [0.3, 0.4) is 0 Å². The van der Waals surface area contributed by atoms with Crippen molar-refractivity contribution in [3.05, 3.63) is 46.2 Å². The third-order valence-corrected chi connectivity index (χ3v) is 3.56. The van der Waals surface area contributed by atoms with Gasteiger partial charge in [-0.05, 0) is 24.6 Å². The molecule has 0 aliphatic carbocycles. The number of aromatic amines is 1. The number of H-pyrrole nitrogens is 1. The van der Waals surface area contributed by atoms with E-state index in [9.17, 15) is 4.79 Å². The first kappa shape index (κ1) is 11.9. The molecular weight excluding hydrogens is 260 g/mol. The monoisotopic (exact) mass is 272 g/mol. The highest BCUT2D eigenvalue weighted by molar-refractivity contribution is 7.09. The van der Waals surface area contributed by atoms with E-state index in [0.29, 0.717) is 12.2 Å². The van der Waals surface area contributed by atoms with E-state index in [4.69, 9.17) is 0 Å². The number of carbonyl (C=O) groups is 1. The highest BCUT2D eigenvalue weighted by Crippen LogP contribution is 2.12. The van der Waals surface area contributed by atoms with Crippen LogP contribution in [0.5, 0.6) is 0 Å². The van der Waals surface area contributed by atoms with Gasteiger partial charge in [-0.15, -0.1) is 11.3 Å². The van der Waals surface area contributed by atoms with E-state index in [2.05, 4.69) is 20.3 Å². The molecular formula is C13H12N4OS. The van der Waals surface area contributed by atoms with Gasteiger partial charge in [0.05, 0.1) is 22.4 Å². The largest absolute Gasteiger partial charge is 0.347 e. The molecule has 0 spiro atoms. The Morgan fingerprint density at radius 3 is 3.16 bits per heavy atom. The molecule has 0 radical (unpaired) electrons. The number of fused-ring (bicyclic) bond motifs is 1. The highest BCUT2D eigenvalue weighted by atomic mass is 32.1. The lowest BCUT2D eigenvalue weighted by molar-refractivity contribution is 0.0946. The minimum absolute atomic E-state index is 0.144. The van der Waals surface area contributed by atoms with Crippen molar-refractivity contribution in [2.75, 3.05) is 0 Å². The second-order valence-electron chi connectivity index (χ2n) is 4.19. The summed E-state index contributed by atoms with van der Waals surface area (Å²) >= 11 is 1.47. The quantitative estimate of drug-likeness (QED) is 0.768. The van der Waals surface area contributed by atoms with E-state index in [-0.39, 0.29) is 5.91 Å². The topological polar surface area (TPSA) is 70.7 Å². The van der Waals surface area contributed by atoms with E-state index in [1.807, 2.05) is 25.1 Å². The Hall–Kier alpha value is -2.21. The smallest absolute Gasteiger partial charge is 0.271 e. The minimum Gasteiger partial charge on any atom is -0.347 e. The number of nitrogens with one attached hydrogen (secondary N) is 2. The number of nitrogens with zero attached hydrogens (tertiary/aromatic N) is 2. The van der Waals surface area contributed by atoms with Gasteiger partial charge in [0.2, 0.25) is 0 Å². The second-order valence-corrected chi connectivity index (χ2v) is 5.25. The van der Waals surface area contributed by atoms with E-state index in [1.165, 1.54) is 11.3 Å². The highest BCUT2D eigenvalue weighted by Gasteiger charge is 2.08. The lowest BCUT2D eigenvalue weighted by Gasteiger charge is -2.03. The predicted octanol–water partition coefficient (Wildman–Crippen LogP) is 2.26. The molecule has 6 heteroatoms. The maximum atomic E-state index is 11.9. The molecule has 2 heterocycles. The minimum atomic E-state index is -0.144. The number of thiazole rings is 1. The Morgan fingerprint density at radius 2 is 2.37 bits per heavy atom. The van der Waals surface area contributed by atoms with Crippen molar-refractivity contribution in [1.82, 2.24) is 20.3 Å². The summed E-state index contributed by atoms with van der Waals surface area (Å²) in [7, 11) is 0. The fraction of sp³-hybridized carbons (Fsp3) is 0.154. The molecule has 0 aliphatic heterocycles. The van der Waals surface area contributed by atoms with E-state index < -0.39 is 0 Å². The summed E-state index contributed by atoms with van der Waals surface area (Å²) in [6, 6.07) is 5.87. The number of carbonyl (C=O) groups excluding carboxylic acids is 1. The number of amides is 1. The predicted molar refractivity (Wildman–Crippen MR) is 74.1 cm³/mol. The van der Waals surface area contributed by atoms with Gasteiger partial charge in [-0.3, -0.25) is 4.79 Å². The first-order chi connectivity index (χ1) is 9.22. The number of aromatic nitrogens is 3. The van der Waals surface area contributed by atoms with Gasteiger partial charge in [-0.2, -0.15) is 0 Å². The molecule has 1 amide bonds. The Bertz CT molecular complexity index is 731. The van der Waals surface area contributed by atoms with Gasteiger partial charge in [0.25, 0.3) is 5.91 Å². The summed E-state index contributed by atoms with van der Waals surface area (Å²) in [4.78, 5) is 23.2. The molecule has 3 aromatic rings. The number of rotatable bonds is 3. The number of benzene rings is 1. The average molecular weight is 272 g/mol. The van der Waals surface area contributed by atoms with Crippen LogP contribution in [0.2, 0.25) is 0 Å². The van der Waals surface area contributed by atoms with Gasteiger partial charge in [-0.25, -0.2) is 9.97 Å². The molecule has 0 atom stereocenters. The van der Waals surface area contributed by atoms with Gasteiger partial charge in [-0.1, -0.05) is 6.07 Å². The Balaban J connectivity index is 1.70. The molecule has 0 bridgehead atoms. The van der Waals surface area contributed by atoms with E-state index >= 15 is 0 Å². The third-order valence-electron chi connectivity index (χ3n) is 2.79. The van der Waals surface area contributed by atoms with Gasteiger partial charge >= 0.3 is 0 Å². The molecule has 5 nitrogen and oxygen atoms in total. The molecule has 96 valence electrons. The second kappa shape index (κ2) is 4.81. The van der Waals surface area contributed by atoms with Crippen LogP contribution in [-0.2, 0) is 6.54 Å². The van der Waals surface area contributed by atoms with Gasteiger partial charge in [0.15, 0.2) is 0 Å². The van der Waals surface area contributed by atoms with Crippen molar-refractivity contribution in [3.63, 3.8) is 0 Å². The zero-order chi connectivity index (χ0) is 13.2. The molecule has 2 aromatic heterocycles. The van der Waals surface area contributed by atoms with Crippen LogP contribution >= 0.6 is 11.3 Å². The van der Waals surface area contributed by atoms with Gasteiger partial charge in [0.1, 0.15) is 5.69 Å². The number of hydrogen-bond acceptors (Lipinski definition) is 4. The van der Waals surface area contributed by atoms with Crippen LogP contribution in [-0.4, -0.2) is 20.9 Å². The van der Waals surface area contributed by atoms with Crippen molar-refractivity contribution >= 4 is 28.3 Å². The first-order valence-corrected chi connectivity index (χ1v) is 6.73. The Morgan fingerprint density at radius 1 is 1.47 bits per heavy atom. The molecule has 0 saturated carbocycles. The molecule has 19 heavy (non-hydrogen) atoms. The SMILES string of the molecule is Cc1nc(C(=O)NCc2ccc3nc[nH]c3c2)cs1. The molecule has 2 N–H and O–H groups in total. The van der Waals surface area contributed by atoms with Gasteiger partial charge in [0, 0.05) is 11.9 Å². The standard InChI is InChI=1S/C13H12N4OS/c1-8-17-12(6-19-8)13(18)14-5-9-2-3-10-11(4-9)16-7-15-10/h2-4,6-7H,5H2,1H3,(H,14,18)(H,15,16). The fourth-order valence-corrected chi connectivity index (χ4v) is 2.43. The summed E-state index contributed by atoms with van der Waals surface area (Å²) in [5, 5.41) is 5.52. The van der Waals surface area contributed by atoms with Crippen molar-refractivity contribution in [2.45, 2.75) is 13.5 Å². The fourth-order valence-electron chi connectivity index (χ4n) is 1.83. The van der Waals surface area contributed by atoms with E-state index in [0.717, 1.165) is 21.6 Å². The van der Waals surface area contributed by atoms with Crippen LogP contribution in [0.4, 0.5) is 0 Å². The lowest BCUT2D eigenvalue weighted by atomic mass is 10.2. The van der Waals surface area contributed by atoms with Crippen LogP contribution in [0.15, 0.2) is 29.9 Å². The third kappa shape index (κ3) is 2.48. The van der Waals surface area contributed by atoms with Crippen molar-refractivity contribution < 1.29 is 4.79 Å². The summed E-state index contributed by atoms with van der Waals surface area (Å²) in [5.74, 6) is -0.144. The number of imidazole rings is 1. The lowest BCUT2D eigenvalue weighted by Crippen LogP contribution is -2.23. The normalized spacial score (nSPS) is 10.8. The summed E-state index contributed by atoms with van der Waals surface area (Å²) < 4.78 is 0. The van der Waals surface area contributed by atoms with Crippen molar-refractivity contribution in [3.8, 4) is 0 Å². The molecule has 0 aliphatic rings. The van der Waals surface area contributed by atoms with Crippen LogP contribution in [0.25, 0.3) is 11.0 Å².